The van der Waals surface area contributed by atoms with Crippen LogP contribution >= 0.6 is 0 Å². The first-order valence-electron chi connectivity index (χ1n) is 10.4. The van der Waals surface area contributed by atoms with E-state index in [9.17, 15) is 14.4 Å². The van der Waals surface area contributed by atoms with E-state index in [1.54, 1.807) is 79.9 Å². The number of anilines is 3. The molecule has 0 aliphatic carbocycles. The smallest absolute Gasteiger partial charge is 0.265 e. The van der Waals surface area contributed by atoms with Gasteiger partial charge >= 0.3 is 0 Å². The van der Waals surface area contributed by atoms with E-state index < -0.39 is 17.9 Å². The van der Waals surface area contributed by atoms with Gasteiger partial charge < -0.3 is 20.1 Å². The van der Waals surface area contributed by atoms with Gasteiger partial charge in [-0.25, -0.2) is 0 Å². The third-order valence-electron chi connectivity index (χ3n) is 5.16. The molecule has 0 radical (unpaired) electrons. The van der Waals surface area contributed by atoms with Crippen LogP contribution in [0.2, 0.25) is 0 Å². The second-order valence-electron chi connectivity index (χ2n) is 7.37. The van der Waals surface area contributed by atoms with E-state index in [0.717, 1.165) is 0 Å². The average Bonchev–Trinajstić information content (AvgIpc) is 2.84. The summed E-state index contributed by atoms with van der Waals surface area (Å²) in [5.41, 5.74) is 1.62. The molecule has 0 aromatic heterocycles. The lowest BCUT2D eigenvalue weighted by molar-refractivity contribution is -0.127. The molecule has 1 aliphatic heterocycles. The molecule has 1 aliphatic rings. The number of hydrogen-bond acceptors (Lipinski definition) is 5. The van der Waals surface area contributed by atoms with Crippen molar-refractivity contribution in [3.05, 3.63) is 78.9 Å². The van der Waals surface area contributed by atoms with Gasteiger partial charge in [-0.05, 0) is 48.5 Å². The van der Waals surface area contributed by atoms with Gasteiger partial charge in [-0.2, -0.15) is 0 Å². The van der Waals surface area contributed by atoms with Gasteiger partial charge in [-0.15, -0.1) is 0 Å². The molecule has 168 valence electrons. The van der Waals surface area contributed by atoms with E-state index >= 15 is 0 Å². The summed E-state index contributed by atoms with van der Waals surface area (Å²) in [7, 11) is 1.56. The third-order valence-corrected chi connectivity index (χ3v) is 5.16. The zero-order valence-corrected chi connectivity index (χ0v) is 18.0. The molecule has 2 N–H and O–H groups in total. The molecule has 8 nitrogen and oxygen atoms in total. The molecule has 3 aromatic carbocycles. The lowest BCUT2D eigenvalue weighted by Gasteiger charge is -2.36. The average molecular weight is 445 g/mol. The van der Waals surface area contributed by atoms with Crippen molar-refractivity contribution in [1.82, 2.24) is 0 Å². The lowest BCUT2D eigenvalue weighted by atomic mass is 10.0. The largest absolute Gasteiger partial charge is 0.497 e. The van der Waals surface area contributed by atoms with Crippen molar-refractivity contribution in [3.63, 3.8) is 0 Å². The highest BCUT2D eigenvalue weighted by molar-refractivity contribution is 6.14. The number of nitrogens with zero attached hydrogens (tertiary/aromatic N) is 1. The van der Waals surface area contributed by atoms with E-state index in [2.05, 4.69) is 10.6 Å². The minimum atomic E-state index is -1.02. The Kier molecular flexibility index (Phi) is 6.54. The predicted octanol–water partition coefficient (Wildman–Crippen LogP) is 3.46. The first-order valence-corrected chi connectivity index (χ1v) is 10.4. The number of amides is 3. The molecule has 1 atom stereocenters. The van der Waals surface area contributed by atoms with Crippen molar-refractivity contribution in [1.29, 1.82) is 0 Å². The summed E-state index contributed by atoms with van der Waals surface area (Å²) in [6.45, 7) is -0.301. The standard InChI is InChI=1S/C25H23N3O5/c1-32-18-11-13-19(14-12-18)33-16-24(30)28-21-10-6-5-9-20(21)27-25(31)22(28)15-23(29)26-17-7-3-2-4-8-17/h2-14,22H,15-16H2,1H3,(H,26,29)(H,27,31)/t22-/m0/s1. The van der Waals surface area contributed by atoms with Gasteiger partial charge in [0.05, 0.1) is 24.9 Å². The first kappa shape index (κ1) is 21.9. The van der Waals surface area contributed by atoms with Crippen molar-refractivity contribution in [2.75, 3.05) is 29.3 Å². The minimum absolute atomic E-state index is 0.205. The lowest BCUT2D eigenvalue weighted by Crippen LogP contribution is -2.53. The number of benzene rings is 3. The SMILES string of the molecule is COc1ccc(OCC(=O)N2c3ccccc3NC(=O)[C@@H]2CC(=O)Nc2ccccc2)cc1. The molecular weight excluding hydrogens is 422 g/mol. The first-order chi connectivity index (χ1) is 16.0. The molecule has 3 amide bonds. The van der Waals surface area contributed by atoms with E-state index in [-0.39, 0.29) is 18.9 Å². The number of ether oxygens (including phenoxy) is 2. The number of carbonyl (C=O) groups excluding carboxylic acids is 3. The van der Waals surface area contributed by atoms with E-state index in [4.69, 9.17) is 9.47 Å². The molecular formula is C25H23N3O5. The maximum Gasteiger partial charge on any atom is 0.265 e. The van der Waals surface area contributed by atoms with E-state index in [0.29, 0.717) is 28.6 Å². The Balaban J connectivity index is 1.53. The maximum atomic E-state index is 13.2. The number of nitrogens with one attached hydrogen (secondary N) is 2. The summed E-state index contributed by atoms with van der Waals surface area (Å²) in [6, 6.07) is 21.7. The number of carbonyl (C=O) groups is 3. The summed E-state index contributed by atoms with van der Waals surface area (Å²) >= 11 is 0. The molecule has 0 saturated carbocycles. The predicted molar refractivity (Wildman–Crippen MR) is 125 cm³/mol. The molecule has 1 heterocycles. The van der Waals surface area contributed by atoms with Crippen LogP contribution in [-0.2, 0) is 14.4 Å². The van der Waals surface area contributed by atoms with E-state index in [1.165, 1.54) is 4.90 Å². The highest BCUT2D eigenvalue weighted by Gasteiger charge is 2.38. The Hall–Kier alpha value is -4.33. The van der Waals surface area contributed by atoms with Crippen molar-refractivity contribution >= 4 is 34.8 Å². The normalized spacial score (nSPS) is 14.6. The molecule has 0 spiro atoms. The Morgan fingerprint density at radius 1 is 0.939 bits per heavy atom. The molecule has 8 heteroatoms. The number of hydrogen-bond donors (Lipinski definition) is 2. The highest BCUT2D eigenvalue weighted by atomic mass is 16.5. The molecule has 0 saturated heterocycles. The third kappa shape index (κ3) is 5.12. The minimum Gasteiger partial charge on any atom is -0.497 e. The summed E-state index contributed by atoms with van der Waals surface area (Å²) in [4.78, 5) is 40.1. The summed E-state index contributed by atoms with van der Waals surface area (Å²) in [5, 5.41) is 5.54. The fourth-order valence-electron chi connectivity index (χ4n) is 3.58. The van der Waals surface area contributed by atoms with Crippen LogP contribution in [0.25, 0.3) is 0 Å². The van der Waals surface area contributed by atoms with E-state index in [1.807, 2.05) is 6.07 Å². The maximum absolute atomic E-state index is 13.2. The van der Waals surface area contributed by atoms with Gasteiger partial charge in [0.25, 0.3) is 5.91 Å². The van der Waals surface area contributed by atoms with Gasteiger partial charge in [0, 0.05) is 5.69 Å². The van der Waals surface area contributed by atoms with Gasteiger partial charge in [-0.3, -0.25) is 19.3 Å². The van der Waals surface area contributed by atoms with Crippen LogP contribution in [0.1, 0.15) is 6.42 Å². The summed E-state index contributed by atoms with van der Waals surface area (Å²) in [6.07, 6.45) is -0.205. The molecule has 33 heavy (non-hydrogen) atoms. The van der Waals surface area contributed by atoms with Gasteiger partial charge in [0.1, 0.15) is 17.5 Å². The van der Waals surface area contributed by atoms with Gasteiger partial charge in [-0.1, -0.05) is 30.3 Å². The zero-order valence-electron chi connectivity index (χ0n) is 18.0. The number of methoxy groups -OCH3 is 1. The van der Waals surface area contributed by atoms with Crippen LogP contribution in [0.15, 0.2) is 78.9 Å². The van der Waals surface area contributed by atoms with Crippen molar-refractivity contribution < 1.29 is 23.9 Å². The fourth-order valence-corrected chi connectivity index (χ4v) is 3.58. The van der Waals surface area contributed by atoms with Crippen LogP contribution in [0.4, 0.5) is 17.1 Å². The van der Waals surface area contributed by atoms with Crippen LogP contribution in [0.3, 0.4) is 0 Å². The number of para-hydroxylation sites is 3. The highest BCUT2D eigenvalue weighted by Crippen LogP contribution is 2.33. The van der Waals surface area contributed by atoms with Crippen molar-refractivity contribution in [2.24, 2.45) is 0 Å². The van der Waals surface area contributed by atoms with Crippen molar-refractivity contribution in [3.8, 4) is 11.5 Å². The van der Waals surface area contributed by atoms with Crippen LogP contribution in [0, 0.1) is 0 Å². The molecule has 0 fully saturated rings. The van der Waals surface area contributed by atoms with Crippen LogP contribution in [0.5, 0.6) is 11.5 Å². The zero-order chi connectivity index (χ0) is 23.2. The van der Waals surface area contributed by atoms with Crippen molar-refractivity contribution in [2.45, 2.75) is 12.5 Å². The second kappa shape index (κ2) is 9.86. The fraction of sp³-hybridized carbons (Fsp3) is 0.160. The van der Waals surface area contributed by atoms with Crippen LogP contribution in [-0.4, -0.2) is 37.5 Å². The molecule has 3 aromatic rings. The number of fused-ring (bicyclic) bond motifs is 1. The Morgan fingerprint density at radius 2 is 1.61 bits per heavy atom. The monoisotopic (exact) mass is 445 g/mol. The van der Waals surface area contributed by atoms with Gasteiger partial charge in [0.2, 0.25) is 11.8 Å². The second-order valence-corrected chi connectivity index (χ2v) is 7.37. The molecule has 4 rings (SSSR count). The number of rotatable bonds is 7. The van der Waals surface area contributed by atoms with Crippen LogP contribution < -0.4 is 25.0 Å². The quantitative estimate of drug-likeness (QED) is 0.581. The Labute approximate surface area is 191 Å². The summed E-state index contributed by atoms with van der Waals surface area (Å²) in [5.74, 6) is -0.105. The Bertz CT molecular complexity index is 1150. The molecule has 0 bridgehead atoms. The Morgan fingerprint density at radius 3 is 2.33 bits per heavy atom. The summed E-state index contributed by atoms with van der Waals surface area (Å²) < 4.78 is 10.8. The molecule has 0 unspecified atom stereocenters. The van der Waals surface area contributed by atoms with Gasteiger partial charge in [0.15, 0.2) is 6.61 Å². The topological polar surface area (TPSA) is 97.0 Å².